The van der Waals surface area contributed by atoms with Crippen molar-refractivity contribution in [2.24, 2.45) is 5.92 Å². The van der Waals surface area contributed by atoms with Crippen molar-refractivity contribution in [2.75, 3.05) is 18.4 Å². The Morgan fingerprint density at radius 2 is 1.91 bits per heavy atom. The first-order valence-electron chi connectivity index (χ1n) is 11.6. The first kappa shape index (κ1) is 21.9. The summed E-state index contributed by atoms with van der Waals surface area (Å²) in [5, 5.41) is 9.40. The van der Waals surface area contributed by atoms with Crippen molar-refractivity contribution >= 4 is 38.7 Å². The molecule has 1 N–H and O–H groups in total. The van der Waals surface area contributed by atoms with Gasteiger partial charge in [0.2, 0.25) is 5.91 Å². The number of rotatable bonds is 6. The Hall–Kier alpha value is -2.97. The van der Waals surface area contributed by atoms with E-state index in [1.807, 2.05) is 41.0 Å². The van der Waals surface area contributed by atoms with Gasteiger partial charge in [0, 0.05) is 18.7 Å². The van der Waals surface area contributed by atoms with E-state index in [2.05, 4.69) is 34.4 Å². The molecule has 0 spiro atoms. The van der Waals surface area contributed by atoms with Gasteiger partial charge in [0.05, 0.1) is 10.2 Å². The lowest BCUT2D eigenvalue weighted by atomic mass is 9.99. The number of benzene rings is 1. The molecular formula is C25H29N5O2S. The second-order valence-electron chi connectivity index (χ2n) is 8.97. The Morgan fingerprint density at radius 1 is 1.15 bits per heavy atom. The molecule has 172 valence electrons. The molecule has 1 saturated heterocycles. The molecule has 1 aliphatic heterocycles. The predicted molar refractivity (Wildman–Crippen MR) is 133 cm³/mol. The van der Waals surface area contributed by atoms with Crippen LogP contribution in [0.5, 0.6) is 0 Å². The molecule has 0 radical (unpaired) electrons. The fraction of sp³-hybridized carbons (Fsp3) is 0.400. The second-order valence-corrected chi connectivity index (χ2v) is 9.92. The highest BCUT2D eigenvalue weighted by atomic mass is 32.1. The van der Waals surface area contributed by atoms with E-state index in [1.54, 1.807) is 11.3 Å². The van der Waals surface area contributed by atoms with Crippen molar-refractivity contribution in [1.29, 1.82) is 0 Å². The topological polar surface area (TPSA) is 71.6 Å². The molecule has 33 heavy (non-hydrogen) atoms. The highest BCUT2D eigenvalue weighted by Gasteiger charge is 2.17. The van der Waals surface area contributed by atoms with Crippen molar-refractivity contribution in [3.63, 3.8) is 0 Å². The summed E-state index contributed by atoms with van der Waals surface area (Å²) in [7, 11) is 0. The van der Waals surface area contributed by atoms with Crippen molar-refractivity contribution in [1.82, 2.24) is 19.1 Å². The Balaban J connectivity index is 1.28. The van der Waals surface area contributed by atoms with Gasteiger partial charge >= 0.3 is 0 Å². The number of fused-ring (bicyclic) bond motifs is 3. The maximum Gasteiger partial charge on any atom is 0.291 e. The molecule has 1 aromatic carbocycles. The van der Waals surface area contributed by atoms with Crippen LogP contribution in [0, 0.1) is 5.92 Å². The number of hydrogen-bond acceptors (Lipinski definition) is 5. The fourth-order valence-corrected chi connectivity index (χ4v) is 5.37. The number of amides is 1. The van der Waals surface area contributed by atoms with Gasteiger partial charge in [-0.25, -0.2) is 4.68 Å². The van der Waals surface area contributed by atoms with Crippen LogP contribution in [-0.2, 0) is 24.3 Å². The van der Waals surface area contributed by atoms with Gasteiger partial charge in [0.25, 0.3) is 5.56 Å². The maximum absolute atomic E-state index is 13.0. The quantitative estimate of drug-likeness (QED) is 0.466. The van der Waals surface area contributed by atoms with Gasteiger partial charge in [0.1, 0.15) is 17.9 Å². The van der Waals surface area contributed by atoms with Crippen LogP contribution in [0.15, 0.2) is 46.6 Å². The van der Waals surface area contributed by atoms with E-state index in [0.717, 1.165) is 47.3 Å². The van der Waals surface area contributed by atoms with Gasteiger partial charge in [-0.15, -0.1) is 11.3 Å². The summed E-state index contributed by atoms with van der Waals surface area (Å²) in [6.45, 7) is 7.43. The van der Waals surface area contributed by atoms with Gasteiger partial charge < -0.3 is 5.32 Å². The van der Waals surface area contributed by atoms with Crippen LogP contribution in [0.2, 0.25) is 0 Å². The van der Waals surface area contributed by atoms with Gasteiger partial charge in [-0.05, 0) is 67.1 Å². The molecule has 0 aliphatic carbocycles. The molecule has 8 heteroatoms. The smallest absolute Gasteiger partial charge is 0.291 e. The monoisotopic (exact) mass is 463 g/mol. The number of aryl methyl sites for hydroxylation is 1. The van der Waals surface area contributed by atoms with Gasteiger partial charge in [0.15, 0.2) is 0 Å². The minimum Gasteiger partial charge on any atom is -0.324 e. The van der Waals surface area contributed by atoms with E-state index in [-0.39, 0.29) is 18.0 Å². The Bertz CT molecular complexity index is 1340. The van der Waals surface area contributed by atoms with Crippen LogP contribution >= 0.6 is 11.3 Å². The minimum atomic E-state index is -0.262. The molecule has 0 bridgehead atoms. The number of nitrogens with zero attached hydrogens (tertiary/aromatic N) is 4. The summed E-state index contributed by atoms with van der Waals surface area (Å²) in [4.78, 5) is 28.2. The highest BCUT2D eigenvalue weighted by molar-refractivity contribution is 7.17. The summed E-state index contributed by atoms with van der Waals surface area (Å²) in [6.07, 6.45) is 3.18. The van der Waals surface area contributed by atoms with Crippen molar-refractivity contribution < 1.29 is 4.79 Å². The summed E-state index contributed by atoms with van der Waals surface area (Å²) in [5.74, 6) is 1.33. The maximum atomic E-state index is 13.0. The standard InChI is InChI=1S/C25H29N5O2S/c1-3-23-27-29(25(32)21-14-22-20(30(21)23)10-13-33-22)16-24(31)26-19-6-4-18(5-7-19)15-28-11-8-17(2)9-12-28/h4-7,10,13-14,17H,3,8-9,11-12,15-16H2,1-2H3,(H,26,31). The summed E-state index contributed by atoms with van der Waals surface area (Å²) in [6, 6.07) is 11.9. The molecular weight excluding hydrogens is 434 g/mol. The number of carbonyl (C=O) groups is 1. The van der Waals surface area contributed by atoms with E-state index in [9.17, 15) is 9.59 Å². The van der Waals surface area contributed by atoms with E-state index < -0.39 is 0 Å². The Morgan fingerprint density at radius 3 is 2.64 bits per heavy atom. The molecule has 0 atom stereocenters. The Labute approximate surface area is 196 Å². The van der Waals surface area contributed by atoms with Crippen LogP contribution < -0.4 is 10.9 Å². The summed E-state index contributed by atoms with van der Waals surface area (Å²) in [5.41, 5.74) is 3.27. The van der Waals surface area contributed by atoms with Crippen LogP contribution in [0.25, 0.3) is 15.7 Å². The molecule has 1 aliphatic rings. The Kier molecular flexibility index (Phi) is 6.03. The van der Waals surface area contributed by atoms with E-state index in [0.29, 0.717) is 11.9 Å². The van der Waals surface area contributed by atoms with Gasteiger partial charge in [-0.3, -0.25) is 18.9 Å². The average Bonchev–Trinajstić information content (AvgIpc) is 3.41. The fourth-order valence-electron chi connectivity index (χ4n) is 4.57. The molecule has 1 amide bonds. The van der Waals surface area contributed by atoms with Crippen LogP contribution in [-0.4, -0.2) is 38.1 Å². The molecule has 5 rings (SSSR count). The van der Waals surface area contributed by atoms with Crippen molar-refractivity contribution in [3.8, 4) is 0 Å². The van der Waals surface area contributed by atoms with Gasteiger partial charge in [-0.2, -0.15) is 5.10 Å². The third kappa shape index (κ3) is 4.45. The number of likely N-dealkylation sites (tertiary alicyclic amines) is 1. The number of aromatic nitrogens is 3. The van der Waals surface area contributed by atoms with Crippen LogP contribution in [0.3, 0.4) is 0 Å². The predicted octanol–water partition coefficient (Wildman–Crippen LogP) is 4.14. The number of anilines is 1. The third-order valence-corrected chi connectivity index (χ3v) is 7.35. The number of thiophene rings is 1. The first-order valence-corrected chi connectivity index (χ1v) is 12.5. The third-order valence-electron chi connectivity index (χ3n) is 6.50. The molecule has 7 nitrogen and oxygen atoms in total. The van der Waals surface area contributed by atoms with Crippen LogP contribution in [0.1, 0.15) is 38.1 Å². The van der Waals surface area contributed by atoms with E-state index >= 15 is 0 Å². The first-order chi connectivity index (χ1) is 16.0. The lowest BCUT2D eigenvalue weighted by molar-refractivity contribution is -0.117. The normalized spacial score (nSPS) is 15.5. The van der Waals surface area contributed by atoms with Crippen molar-refractivity contribution in [2.45, 2.75) is 46.2 Å². The summed E-state index contributed by atoms with van der Waals surface area (Å²) < 4.78 is 4.23. The molecule has 0 unspecified atom stereocenters. The zero-order chi connectivity index (χ0) is 22.9. The molecule has 1 fully saturated rings. The highest BCUT2D eigenvalue weighted by Crippen LogP contribution is 2.25. The second kappa shape index (κ2) is 9.11. The number of piperidine rings is 1. The number of hydrogen-bond donors (Lipinski definition) is 1. The largest absolute Gasteiger partial charge is 0.324 e. The summed E-state index contributed by atoms with van der Waals surface area (Å²) >= 11 is 1.60. The SMILES string of the molecule is CCc1nn(CC(=O)Nc2ccc(CN3CCC(C)CC3)cc2)c(=O)c2cc3sccc3n12. The molecule has 3 aromatic heterocycles. The molecule has 4 heterocycles. The lowest BCUT2D eigenvalue weighted by Gasteiger charge is -2.30. The minimum absolute atomic E-state index is 0.116. The zero-order valence-electron chi connectivity index (χ0n) is 19.1. The number of carbonyl (C=O) groups excluding carboxylic acids is 1. The average molecular weight is 464 g/mol. The van der Waals surface area contributed by atoms with E-state index in [1.165, 1.54) is 23.1 Å². The lowest BCUT2D eigenvalue weighted by Crippen LogP contribution is -2.32. The van der Waals surface area contributed by atoms with Crippen molar-refractivity contribution in [3.05, 3.63) is 63.5 Å². The van der Waals surface area contributed by atoms with E-state index in [4.69, 9.17) is 0 Å². The molecule has 0 saturated carbocycles. The number of nitrogens with one attached hydrogen (secondary N) is 1. The molecule has 4 aromatic rings. The van der Waals surface area contributed by atoms with Gasteiger partial charge in [-0.1, -0.05) is 26.0 Å². The zero-order valence-corrected chi connectivity index (χ0v) is 19.9. The van der Waals surface area contributed by atoms with Crippen LogP contribution in [0.4, 0.5) is 5.69 Å².